The summed E-state index contributed by atoms with van der Waals surface area (Å²) in [6.45, 7) is 20.1. The van der Waals surface area contributed by atoms with Crippen LogP contribution < -0.4 is 0 Å². The molecule has 147 heavy (non-hydrogen) atoms. The Hall–Kier alpha value is -15.5. The average Bonchev–Trinajstić information content (AvgIpc) is 1.10. The monoisotopic (exact) mass is 2060 g/mol. The number of hydrogen-bond donors (Lipinski definition) is 0. The number of carbonyl (C=O) groups excluding carboxylic acids is 7. The average molecular weight is 2060 g/mol. The number of hydrogen-bond acceptors (Lipinski definition) is 27. The summed E-state index contributed by atoms with van der Waals surface area (Å²) in [6, 6.07) is 36.5. The fourth-order valence-corrected chi connectivity index (χ4v) is 20.2. The first kappa shape index (κ1) is 104. The SMILES string of the molecule is CC1(C)CC(=O)c2ccc(C#Cc3nc(F)cs3)nc2C1.CC1(C)CCc2nc(C#Cc3nc(F)cs3)ccc2C1=O.Cc1csc(C#Cc2ccc3c(n2)CC(C)(C)CC3=O)n1.Cc1csc(C#Cc2ccc3c(n2)CCC(C)(C)C3=O)n1.O=C1CCCc2nc(C#Cc3cnc(-c4ccccc4)s3)ccc21.O=C1CCCc2nc(C#Cc3cncc(F)c3)ccc21.O=C1CCCc2nc(C#Cc3nc(F)cs3)ccc21. The van der Waals surface area contributed by atoms with Gasteiger partial charge >= 0.3 is 0 Å². The first-order valence-electron chi connectivity index (χ1n) is 47.2. The van der Waals surface area contributed by atoms with Crippen molar-refractivity contribution in [2.24, 2.45) is 21.7 Å². The fourth-order valence-electron chi connectivity index (χ4n) is 16.6. The van der Waals surface area contributed by atoms with Crippen molar-refractivity contribution in [2.45, 2.75) is 178 Å². The van der Waals surface area contributed by atoms with Crippen LogP contribution in [0.3, 0.4) is 0 Å². The van der Waals surface area contributed by atoms with Crippen LogP contribution in [0, 0.1) is 142 Å². The molecule has 31 heteroatoms. The molecule has 0 unspecified atom stereocenters. The molecule has 0 N–H and O–H groups in total. The second-order valence-electron chi connectivity index (χ2n) is 38.0. The first-order chi connectivity index (χ1) is 70.5. The van der Waals surface area contributed by atoms with Crippen molar-refractivity contribution in [1.82, 2.24) is 69.8 Å². The molecule has 0 aliphatic heterocycles. The maximum Gasteiger partial charge on any atom is 0.224 e. The third-order valence-corrected chi connectivity index (χ3v) is 29.0. The van der Waals surface area contributed by atoms with E-state index in [1.165, 1.54) is 51.1 Å². The Morgan fingerprint density at radius 1 is 0.299 bits per heavy atom. The van der Waals surface area contributed by atoms with Gasteiger partial charge in [0.15, 0.2) is 65.5 Å². The summed E-state index contributed by atoms with van der Waals surface area (Å²) in [5.41, 5.74) is 18.2. The molecule has 0 atom stereocenters. The number of Topliss-reactive ketones (excluding diaryl/α,β-unsaturated/α-hetero) is 7. The summed E-state index contributed by atoms with van der Waals surface area (Å²) in [7, 11) is 0. The fraction of sp³-hybridized carbons (Fsp3) is 0.267. The van der Waals surface area contributed by atoms with Crippen LogP contribution in [0.25, 0.3) is 10.6 Å². The van der Waals surface area contributed by atoms with Gasteiger partial charge in [-0.2, -0.15) is 28.1 Å². The van der Waals surface area contributed by atoms with Crippen molar-refractivity contribution in [3.05, 3.63) is 356 Å². The third kappa shape index (κ3) is 28.2. The van der Waals surface area contributed by atoms with Gasteiger partial charge in [0.1, 0.15) is 50.7 Å². The van der Waals surface area contributed by atoms with Gasteiger partial charge in [-0.05, 0) is 270 Å². The normalized spacial score (nSPS) is 14.9. The predicted molar refractivity (Wildman–Crippen MR) is 561 cm³/mol. The van der Waals surface area contributed by atoms with E-state index in [0.717, 1.165) is 211 Å². The van der Waals surface area contributed by atoms with Gasteiger partial charge in [0, 0.05) is 137 Å². The lowest BCUT2D eigenvalue weighted by Crippen LogP contribution is -2.31. The van der Waals surface area contributed by atoms with E-state index >= 15 is 0 Å². The maximum absolute atomic E-state index is 13.0. The molecule has 0 bridgehead atoms. The molecule has 0 fully saturated rings. The Balaban J connectivity index is 0.000000123. The molecule has 1 aromatic carbocycles. The first-order valence-corrected chi connectivity index (χ1v) is 52.4. The van der Waals surface area contributed by atoms with Gasteiger partial charge in [-0.15, -0.1) is 68.0 Å². The molecule has 22 rings (SSSR count). The van der Waals surface area contributed by atoms with Crippen molar-refractivity contribution < 1.29 is 51.1 Å². The van der Waals surface area contributed by atoms with Crippen LogP contribution in [-0.4, -0.2) is 110 Å². The van der Waals surface area contributed by atoms with Crippen LogP contribution in [0.15, 0.2) is 167 Å². The van der Waals surface area contributed by atoms with E-state index in [0.29, 0.717) is 115 Å². The van der Waals surface area contributed by atoms with Crippen LogP contribution >= 0.6 is 68.0 Å². The van der Waals surface area contributed by atoms with Crippen molar-refractivity contribution in [2.75, 3.05) is 0 Å². The molecule has 0 saturated carbocycles. The molecule has 0 amide bonds. The highest BCUT2D eigenvalue weighted by molar-refractivity contribution is 7.15. The number of benzene rings is 1. The van der Waals surface area contributed by atoms with E-state index in [9.17, 15) is 51.1 Å². The Morgan fingerprint density at radius 3 is 0.959 bits per heavy atom. The number of halogens is 4. The number of ketones is 7. The van der Waals surface area contributed by atoms with E-state index in [4.69, 9.17) is 0 Å². The van der Waals surface area contributed by atoms with E-state index in [2.05, 4.69) is 180 Å². The Morgan fingerprint density at radius 2 is 0.619 bits per heavy atom. The molecule has 7 aliphatic rings. The summed E-state index contributed by atoms with van der Waals surface area (Å²) < 4.78 is 51.2. The number of pyridine rings is 8. The molecule has 0 radical (unpaired) electrons. The lowest BCUT2D eigenvalue weighted by Gasteiger charge is -2.29. The number of fused-ring (bicyclic) bond motifs is 7. The summed E-state index contributed by atoms with van der Waals surface area (Å²) in [5.74, 6) is 40.1. The molecule has 14 aromatic heterocycles. The molecule has 0 saturated heterocycles. The standard InChI is InChI=1S/C20H14N2OS.2C17H16N2OS.2C16H13FN2OS.C16H11FN2O.C14H9FN2OS/c23-19-8-4-7-18-17(19)12-10-15(22-18)9-11-16-13-21-20(24-16)14-5-2-1-3-6-14;1-11-10-21-16(18-11)7-5-12-4-6-13-14(19-12)8-17(2,3)9-15(13)20;1-11-10-21-15(18-11)7-5-12-4-6-13-14(19-12)8-9-17(2,3)16(13)20;1-16(2)7-12-11(13(20)8-16)5-3-10(18-12)4-6-15-19-14(17)9-21-15;1-16(2)8-7-12-11(15(16)20)5-3-10(18-12)4-6-14-19-13(17)9-21-14;17-12-8-11(9-18-10-12)4-5-13-6-7-14-15(19-13)2-1-3-16(14)20;15-13-8-19-14(17-13)7-5-9-4-6-10-11(16-9)2-1-3-12(10)18/h1-3,5-6,10,12-13H,4,7-8H2;2*4,6,10H,8-9H2,1-3H3;2*3,5,9H,7-8H2,1-2H3;6-10H,1-3H2;4,6,8H,1-3H2. The van der Waals surface area contributed by atoms with Crippen LogP contribution in [-0.2, 0) is 44.9 Å². The number of carbonyl (C=O) groups is 7. The van der Waals surface area contributed by atoms with Gasteiger partial charge in [0.05, 0.1) is 57.1 Å². The maximum atomic E-state index is 13.0. The molecular formula is C116H92F4N14O7S6. The van der Waals surface area contributed by atoms with Gasteiger partial charge in [-0.25, -0.2) is 54.2 Å². The Kier molecular flexibility index (Phi) is 33.2. The van der Waals surface area contributed by atoms with Crippen molar-refractivity contribution >= 4 is 109 Å². The van der Waals surface area contributed by atoms with Crippen LogP contribution in [0.4, 0.5) is 17.6 Å². The smallest absolute Gasteiger partial charge is 0.224 e. The summed E-state index contributed by atoms with van der Waals surface area (Å²) in [5, 5.41) is 11.7. The van der Waals surface area contributed by atoms with E-state index < -0.39 is 23.7 Å². The highest BCUT2D eigenvalue weighted by Gasteiger charge is 2.38. The molecule has 0 spiro atoms. The summed E-state index contributed by atoms with van der Waals surface area (Å²) >= 11 is 8.10. The molecule has 14 heterocycles. The largest absolute Gasteiger partial charge is 0.294 e. The molecule has 732 valence electrons. The van der Waals surface area contributed by atoms with Gasteiger partial charge in [0.2, 0.25) is 17.8 Å². The minimum Gasteiger partial charge on any atom is -0.294 e. The zero-order valence-electron chi connectivity index (χ0n) is 81.8. The topological polar surface area (TPSA) is 300 Å². The minimum atomic E-state index is -0.518. The number of thiazole rings is 6. The summed E-state index contributed by atoms with van der Waals surface area (Å²) in [4.78, 5) is 144. The van der Waals surface area contributed by atoms with Crippen molar-refractivity contribution in [1.29, 1.82) is 0 Å². The lowest BCUT2D eigenvalue weighted by atomic mass is 9.75. The quantitative estimate of drug-likeness (QED) is 0.109. The van der Waals surface area contributed by atoms with E-state index in [-0.39, 0.29) is 62.1 Å². The zero-order valence-corrected chi connectivity index (χ0v) is 86.7. The molecule has 15 aromatic rings. The highest BCUT2D eigenvalue weighted by Crippen LogP contribution is 2.39. The third-order valence-electron chi connectivity index (χ3n) is 24.1. The van der Waals surface area contributed by atoms with E-state index in [1.807, 2.05) is 119 Å². The van der Waals surface area contributed by atoms with Crippen molar-refractivity contribution in [3.63, 3.8) is 0 Å². The lowest BCUT2D eigenvalue weighted by molar-refractivity contribution is 0.0803. The van der Waals surface area contributed by atoms with E-state index in [1.54, 1.807) is 66.1 Å². The van der Waals surface area contributed by atoms with Gasteiger partial charge in [0.25, 0.3) is 0 Å². The minimum absolute atomic E-state index is 0.0183. The molecular weight excluding hydrogens is 1970 g/mol. The Labute approximate surface area is 872 Å². The van der Waals surface area contributed by atoms with Crippen LogP contribution in [0.1, 0.15) is 319 Å². The predicted octanol–water partition coefficient (Wildman–Crippen LogP) is 22.5. The van der Waals surface area contributed by atoms with Crippen LogP contribution in [0.2, 0.25) is 0 Å². The second-order valence-corrected chi connectivity index (χ2v) is 43.3. The second kappa shape index (κ2) is 46.7. The highest BCUT2D eigenvalue weighted by atomic mass is 32.1. The zero-order chi connectivity index (χ0) is 104. The van der Waals surface area contributed by atoms with Crippen molar-refractivity contribution in [3.8, 4) is 93.5 Å². The van der Waals surface area contributed by atoms with Gasteiger partial charge < -0.3 is 0 Å². The molecule has 7 aliphatic carbocycles. The Bertz CT molecular complexity index is 7940. The van der Waals surface area contributed by atoms with Crippen LogP contribution in [0.5, 0.6) is 0 Å². The van der Waals surface area contributed by atoms with Gasteiger partial charge in [-0.3, -0.25) is 38.5 Å². The number of rotatable bonds is 1. The molecule has 21 nitrogen and oxygen atoms in total. The van der Waals surface area contributed by atoms with Gasteiger partial charge in [-0.1, -0.05) is 91.6 Å². The summed E-state index contributed by atoms with van der Waals surface area (Å²) in [6.07, 6.45) is 17.2. The number of aromatic nitrogens is 14. The number of nitrogens with zero attached hydrogens (tertiary/aromatic N) is 14. The number of aryl methyl sites for hydroxylation is 7.